The van der Waals surface area contributed by atoms with Gasteiger partial charge in [-0.1, -0.05) is 36.4 Å². The van der Waals surface area contributed by atoms with E-state index < -0.39 is 11.7 Å². The van der Waals surface area contributed by atoms with Crippen molar-refractivity contribution in [1.82, 2.24) is 4.90 Å². The molecule has 2 heterocycles. The Bertz CT molecular complexity index is 720. The first kappa shape index (κ1) is 14.5. The highest BCUT2D eigenvalue weighted by molar-refractivity contribution is 7.12. The lowest BCUT2D eigenvalue weighted by molar-refractivity contribution is -0.127. The number of rotatable bonds is 5. The summed E-state index contributed by atoms with van der Waals surface area (Å²) in [6, 6.07) is 13.3. The van der Waals surface area contributed by atoms with Crippen molar-refractivity contribution in [3.8, 4) is 0 Å². The molecule has 0 saturated carbocycles. The van der Waals surface area contributed by atoms with Gasteiger partial charge in [0.1, 0.15) is 0 Å². The number of carbonyl (C=O) groups is 2. The molecule has 4 nitrogen and oxygen atoms in total. The Hall–Kier alpha value is -2.40. The summed E-state index contributed by atoms with van der Waals surface area (Å²) in [4.78, 5) is 26.4. The summed E-state index contributed by atoms with van der Waals surface area (Å²) in [6.07, 6.45) is 0.695. The number of thiophene rings is 1. The van der Waals surface area contributed by atoms with Crippen molar-refractivity contribution in [2.45, 2.75) is 6.42 Å². The molecule has 1 aliphatic heterocycles. The maximum atomic E-state index is 12.3. The van der Waals surface area contributed by atoms with Gasteiger partial charge in [-0.3, -0.25) is 9.59 Å². The Morgan fingerprint density at radius 3 is 2.64 bits per heavy atom. The van der Waals surface area contributed by atoms with Crippen molar-refractivity contribution in [1.29, 1.82) is 0 Å². The number of benzene rings is 1. The predicted molar refractivity (Wildman–Crippen MR) is 85.0 cm³/mol. The highest BCUT2D eigenvalue weighted by atomic mass is 32.1. The Kier molecular flexibility index (Phi) is 4.06. The van der Waals surface area contributed by atoms with Crippen LogP contribution in [0.2, 0.25) is 0 Å². The van der Waals surface area contributed by atoms with Crippen LogP contribution in [0.5, 0.6) is 0 Å². The molecular weight excluding hydrogens is 298 g/mol. The van der Waals surface area contributed by atoms with Crippen LogP contribution in [0.1, 0.15) is 15.2 Å². The number of aliphatic hydroxyl groups excluding tert-OH is 1. The van der Waals surface area contributed by atoms with Crippen LogP contribution in [0.15, 0.2) is 59.2 Å². The fourth-order valence-corrected chi connectivity index (χ4v) is 3.13. The molecule has 0 fully saturated rings. The van der Waals surface area contributed by atoms with Crippen LogP contribution < -0.4 is 0 Å². The molecule has 1 N–H and O–H groups in total. The second kappa shape index (κ2) is 6.15. The number of hydrogen-bond donors (Lipinski definition) is 1. The third-order valence-corrected chi connectivity index (χ3v) is 4.53. The zero-order chi connectivity index (χ0) is 15.5. The highest BCUT2D eigenvalue weighted by Crippen LogP contribution is 2.23. The lowest BCUT2D eigenvalue weighted by Gasteiger charge is -2.15. The third kappa shape index (κ3) is 2.80. The topological polar surface area (TPSA) is 57.6 Å². The SMILES string of the molecule is O=C(C1=C(O)C(=O)N(CCc2ccccc2)C1)c1cccs1. The summed E-state index contributed by atoms with van der Waals surface area (Å²) in [6.45, 7) is 0.655. The largest absolute Gasteiger partial charge is 0.503 e. The summed E-state index contributed by atoms with van der Waals surface area (Å²) in [5.41, 5.74) is 1.31. The summed E-state index contributed by atoms with van der Waals surface area (Å²) >= 11 is 1.31. The minimum Gasteiger partial charge on any atom is -0.503 e. The van der Waals surface area contributed by atoms with Gasteiger partial charge in [0.15, 0.2) is 5.76 Å². The van der Waals surface area contributed by atoms with Gasteiger partial charge in [-0.15, -0.1) is 11.3 Å². The highest BCUT2D eigenvalue weighted by Gasteiger charge is 2.34. The molecule has 0 radical (unpaired) electrons. The second-order valence-electron chi connectivity index (χ2n) is 5.10. The van der Waals surface area contributed by atoms with E-state index in [1.54, 1.807) is 17.5 Å². The third-order valence-electron chi connectivity index (χ3n) is 3.66. The van der Waals surface area contributed by atoms with Crippen molar-refractivity contribution >= 4 is 23.0 Å². The van der Waals surface area contributed by atoms with E-state index in [2.05, 4.69) is 0 Å². The van der Waals surface area contributed by atoms with E-state index in [0.29, 0.717) is 17.8 Å². The van der Waals surface area contributed by atoms with E-state index in [9.17, 15) is 14.7 Å². The zero-order valence-corrected chi connectivity index (χ0v) is 12.7. The molecule has 0 saturated heterocycles. The van der Waals surface area contributed by atoms with Gasteiger partial charge in [-0.2, -0.15) is 0 Å². The van der Waals surface area contributed by atoms with Crippen LogP contribution in [-0.4, -0.2) is 34.8 Å². The summed E-state index contributed by atoms with van der Waals surface area (Å²) in [7, 11) is 0. The van der Waals surface area contributed by atoms with Gasteiger partial charge >= 0.3 is 0 Å². The quantitative estimate of drug-likeness (QED) is 0.864. The smallest absolute Gasteiger partial charge is 0.289 e. The molecule has 22 heavy (non-hydrogen) atoms. The van der Waals surface area contributed by atoms with E-state index in [0.717, 1.165) is 5.56 Å². The van der Waals surface area contributed by atoms with Crippen LogP contribution >= 0.6 is 11.3 Å². The first-order valence-electron chi connectivity index (χ1n) is 7.00. The van der Waals surface area contributed by atoms with Crippen LogP contribution in [0.4, 0.5) is 0 Å². The number of hydrogen-bond acceptors (Lipinski definition) is 4. The van der Waals surface area contributed by atoms with Crippen molar-refractivity contribution in [3.63, 3.8) is 0 Å². The van der Waals surface area contributed by atoms with E-state index in [-0.39, 0.29) is 17.9 Å². The number of aliphatic hydroxyl groups is 1. The van der Waals surface area contributed by atoms with Crippen LogP contribution in [-0.2, 0) is 11.2 Å². The minimum absolute atomic E-state index is 0.175. The molecule has 1 aromatic carbocycles. The van der Waals surface area contributed by atoms with Crippen molar-refractivity contribution in [2.24, 2.45) is 0 Å². The normalized spacial score (nSPS) is 14.7. The van der Waals surface area contributed by atoms with Gasteiger partial charge in [0, 0.05) is 6.54 Å². The minimum atomic E-state index is -0.462. The fourth-order valence-electron chi connectivity index (χ4n) is 2.44. The van der Waals surface area contributed by atoms with Crippen molar-refractivity contribution in [2.75, 3.05) is 13.1 Å². The average molecular weight is 313 g/mol. The Labute approximate surface area is 132 Å². The molecule has 1 amide bonds. The molecule has 1 aliphatic rings. The molecule has 112 valence electrons. The Morgan fingerprint density at radius 2 is 1.95 bits per heavy atom. The standard InChI is InChI=1S/C17H15NO3S/c19-15(14-7-4-10-22-14)13-11-18(17(21)16(13)20)9-8-12-5-2-1-3-6-12/h1-7,10,20H,8-9,11H2. The number of carbonyl (C=O) groups excluding carboxylic acids is 2. The number of ketones is 1. The molecular formula is C17H15NO3S. The molecule has 2 aromatic rings. The van der Waals surface area contributed by atoms with E-state index >= 15 is 0 Å². The molecule has 0 atom stereocenters. The number of amides is 1. The second-order valence-corrected chi connectivity index (χ2v) is 6.04. The molecule has 0 bridgehead atoms. The van der Waals surface area contributed by atoms with Gasteiger partial charge in [-0.25, -0.2) is 0 Å². The van der Waals surface area contributed by atoms with E-state index in [1.807, 2.05) is 30.3 Å². The van der Waals surface area contributed by atoms with Crippen LogP contribution in [0.3, 0.4) is 0 Å². The maximum Gasteiger partial charge on any atom is 0.289 e. The maximum absolute atomic E-state index is 12.3. The summed E-state index contributed by atoms with van der Waals surface area (Å²) in [5, 5.41) is 11.8. The van der Waals surface area contributed by atoms with Gasteiger partial charge in [0.2, 0.25) is 5.78 Å². The Balaban J connectivity index is 1.68. The lowest BCUT2D eigenvalue weighted by atomic mass is 10.1. The lowest BCUT2D eigenvalue weighted by Crippen LogP contribution is -2.29. The molecule has 0 unspecified atom stereocenters. The van der Waals surface area contributed by atoms with E-state index in [4.69, 9.17) is 0 Å². The molecule has 0 aliphatic carbocycles. The first-order valence-corrected chi connectivity index (χ1v) is 7.88. The number of Topliss-reactive ketones (excluding diaryl/α,β-unsaturated/α-hetero) is 1. The van der Waals surface area contributed by atoms with Gasteiger partial charge < -0.3 is 10.0 Å². The fraction of sp³-hybridized carbons (Fsp3) is 0.176. The summed E-state index contributed by atoms with van der Waals surface area (Å²) < 4.78 is 0. The predicted octanol–water partition coefficient (Wildman–Crippen LogP) is 2.83. The molecule has 1 aromatic heterocycles. The number of nitrogens with zero attached hydrogens (tertiary/aromatic N) is 1. The van der Waals surface area contributed by atoms with Gasteiger partial charge in [-0.05, 0) is 23.4 Å². The Morgan fingerprint density at radius 1 is 1.18 bits per heavy atom. The average Bonchev–Trinajstić information content (AvgIpc) is 3.17. The first-order chi connectivity index (χ1) is 10.7. The van der Waals surface area contributed by atoms with Crippen molar-refractivity contribution < 1.29 is 14.7 Å². The van der Waals surface area contributed by atoms with Crippen LogP contribution in [0, 0.1) is 0 Å². The van der Waals surface area contributed by atoms with Crippen LogP contribution in [0.25, 0.3) is 0 Å². The van der Waals surface area contributed by atoms with E-state index in [1.165, 1.54) is 16.2 Å². The summed E-state index contributed by atoms with van der Waals surface area (Å²) in [5.74, 6) is -1.13. The zero-order valence-electron chi connectivity index (χ0n) is 11.9. The monoisotopic (exact) mass is 313 g/mol. The molecule has 0 spiro atoms. The van der Waals surface area contributed by atoms with Gasteiger partial charge in [0.05, 0.1) is 17.0 Å². The molecule has 3 rings (SSSR count). The van der Waals surface area contributed by atoms with Gasteiger partial charge in [0.25, 0.3) is 5.91 Å². The molecule has 5 heteroatoms. The van der Waals surface area contributed by atoms with Crippen molar-refractivity contribution in [3.05, 3.63) is 69.6 Å².